The number of hydrogen-bond acceptors (Lipinski definition) is 3. The second-order valence-electron chi connectivity index (χ2n) is 4.18. The van der Waals surface area contributed by atoms with Crippen molar-refractivity contribution in [1.82, 2.24) is 9.97 Å². The first-order valence-electron chi connectivity index (χ1n) is 4.53. The van der Waals surface area contributed by atoms with Gasteiger partial charge in [-0.2, -0.15) is 0 Å². The smallest absolute Gasteiger partial charge is 0.147 e. The topological polar surface area (TPSA) is 51.8 Å². The van der Waals surface area contributed by atoms with Crippen molar-refractivity contribution in [3.63, 3.8) is 0 Å². The summed E-state index contributed by atoms with van der Waals surface area (Å²) in [6, 6.07) is 1.93. The van der Waals surface area contributed by atoms with Gasteiger partial charge in [-0.25, -0.2) is 9.97 Å². The summed E-state index contributed by atoms with van der Waals surface area (Å²) in [7, 11) is 0. The number of nitrogens with zero attached hydrogens (tertiary/aromatic N) is 2. The lowest BCUT2D eigenvalue weighted by Gasteiger charge is -2.17. The van der Waals surface area contributed by atoms with Crippen molar-refractivity contribution < 1.29 is 0 Å². The normalized spacial score (nSPS) is 12.2. The molecule has 0 aromatic carbocycles. The molecular formula is C10H17N3. The number of aromatic nitrogens is 2. The van der Waals surface area contributed by atoms with Crippen molar-refractivity contribution in [3.05, 3.63) is 23.8 Å². The quantitative estimate of drug-likeness (QED) is 0.753. The summed E-state index contributed by atoms with van der Waals surface area (Å²) in [4.78, 5) is 8.56. The lowest BCUT2D eigenvalue weighted by atomic mass is 10.1. The van der Waals surface area contributed by atoms with E-state index in [-0.39, 0.29) is 0 Å². The van der Waals surface area contributed by atoms with Crippen LogP contribution in [0.2, 0.25) is 0 Å². The van der Waals surface area contributed by atoms with E-state index < -0.39 is 5.54 Å². The van der Waals surface area contributed by atoms with Crippen LogP contribution in [-0.2, 0) is 5.54 Å². The van der Waals surface area contributed by atoms with E-state index in [0.717, 1.165) is 5.69 Å². The highest BCUT2D eigenvalue weighted by molar-refractivity contribution is 5.10. The van der Waals surface area contributed by atoms with Crippen LogP contribution in [0, 0.1) is 0 Å². The van der Waals surface area contributed by atoms with Crippen LogP contribution in [0.3, 0.4) is 0 Å². The molecule has 0 amide bonds. The van der Waals surface area contributed by atoms with Gasteiger partial charge in [-0.3, -0.25) is 0 Å². The lowest BCUT2D eigenvalue weighted by molar-refractivity contribution is 0.508. The second-order valence-corrected chi connectivity index (χ2v) is 4.18. The molecule has 0 atom stereocenters. The first-order chi connectivity index (χ1) is 5.91. The highest BCUT2D eigenvalue weighted by atomic mass is 14.9. The fraction of sp³-hybridized carbons (Fsp3) is 0.600. The molecule has 0 aliphatic heterocycles. The van der Waals surface area contributed by atoms with Crippen LogP contribution in [-0.4, -0.2) is 9.97 Å². The first-order valence-corrected chi connectivity index (χ1v) is 4.53. The molecule has 0 aliphatic carbocycles. The van der Waals surface area contributed by atoms with Crippen molar-refractivity contribution >= 4 is 0 Å². The van der Waals surface area contributed by atoms with Gasteiger partial charge in [0.1, 0.15) is 5.82 Å². The van der Waals surface area contributed by atoms with Gasteiger partial charge in [0, 0.05) is 11.9 Å². The van der Waals surface area contributed by atoms with Gasteiger partial charge in [0.25, 0.3) is 0 Å². The van der Waals surface area contributed by atoms with Crippen molar-refractivity contribution in [2.24, 2.45) is 5.73 Å². The number of rotatable bonds is 2. The van der Waals surface area contributed by atoms with E-state index in [0.29, 0.717) is 11.7 Å². The summed E-state index contributed by atoms with van der Waals surface area (Å²) in [6.07, 6.45) is 1.77. The summed E-state index contributed by atoms with van der Waals surface area (Å²) >= 11 is 0. The van der Waals surface area contributed by atoms with Gasteiger partial charge in [-0.05, 0) is 25.8 Å². The standard InChI is InChI=1S/C10H17N3/c1-7(2)8-5-6-12-9(13-8)10(3,4)11/h5-7H,11H2,1-4H3. The van der Waals surface area contributed by atoms with Crippen LogP contribution in [0.4, 0.5) is 0 Å². The van der Waals surface area contributed by atoms with E-state index in [2.05, 4.69) is 23.8 Å². The zero-order valence-electron chi connectivity index (χ0n) is 8.70. The average molecular weight is 179 g/mol. The Morgan fingerprint density at radius 2 is 2.00 bits per heavy atom. The Balaban J connectivity index is 3.06. The molecule has 0 radical (unpaired) electrons. The van der Waals surface area contributed by atoms with E-state index in [1.54, 1.807) is 6.20 Å². The fourth-order valence-corrected chi connectivity index (χ4v) is 1.00. The van der Waals surface area contributed by atoms with Crippen molar-refractivity contribution in [3.8, 4) is 0 Å². The van der Waals surface area contributed by atoms with Crippen LogP contribution in [0.1, 0.15) is 45.1 Å². The van der Waals surface area contributed by atoms with Gasteiger partial charge >= 0.3 is 0 Å². The third-order valence-corrected chi connectivity index (χ3v) is 1.84. The molecule has 0 fully saturated rings. The SMILES string of the molecule is CC(C)c1ccnc(C(C)(C)N)n1. The Kier molecular flexibility index (Phi) is 2.66. The number of hydrogen-bond donors (Lipinski definition) is 1. The highest BCUT2D eigenvalue weighted by Crippen LogP contribution is 2.15. The predicted molar refractivity (Wildman–Crippen MR) is 53.3 cm³/mol. The van der Waals surface area contributed by atoms with Gasteiger partial charge in [0.2, 0.25) is 0 Å². The molecule has 0 saturated carbocycles. The van der Waals surface area contributed by atoms with Crippen LogP contribution in [0.15, 0.2) is 12.3 Å². The van der Waals surface area contributed by atoms with Gasteiger partial charge in [-0.15, -0.1) is 0 Å². The Labute approximate surface area is 79.4 Å². The van der Waals surface area contributed by atoms with Crippen LogP contribution >= 0.6 is 0 Å². The molecule has 0 aliphatic rings. The van der Waals surface area contributed by atoms with E-state index in [4.69, 9.17) is 5.73 Å². The molecule has 72 valence electrons. The molecule has 1 aromatic rings. The summed E-state index contributed by atoms with van der Waals surface area (Å²) in [6.45, 7) is 8.03. The van der Waals surface area contributed by atoms with Gasteiger partial charge in [-0.1, -0.05) is 13.8 Å². The molecule has 1 rings (SSSR count). The molecule has 0 unspecified atom stereocenters. The average Bonchev–Trinajstić information content (AvgIpc) is 2.03. The molecule has 1 aromatic heterocycles. The molecule has 1 heterocycles. The zero-order chi connectivity index (χ0) is 10.1. The highest BCUT2D eigenvalue weighted by Gasteiger charge is 2.18. The Bertz CT molecular complexity index is 286. The third-order valence-electron chi connectivity index (χ3n) is 1.84. The first kappa shape index (κ1) is 10.1. The Morgan fingerprint density at radius 3 is 2.46 bits per heavy atom. The molecule has 13 heavy (non-hydrogen) atoms. The van der Waals surface area contributed by atoms with Crippen molar-refractivity contribution in [2.45, 2.75) is 39.2 Å². The van der Waals surface area contributed by atoms with Gasteiger partial charge in [0.05, 0.1) is 5.54 Å². The fourth-order valence-electron chi connectivity index (χ4n) is 1.00. The second kappa shape index (κ2) is 3.42. The number of nitrogens with two attached hydrogens (primary N) is 1. The van der Waals surface area contributed by atoms with E-state index >= 15 is 0 Å². The van der Waals surface area contributed by atoms with E-state index in [1.807, 2.05) is 19.9 Å². The predicted octanol–water partition coefficient (Wildman–Crippen LogP) is 1.79. The van der Waals surface area contributed by atoms with Crippen LogP contribution < -0.4 is 5.73 Å². The van der Waals surface area contributed by atoms with Crippen molar-refractivity contribution in [2.75, 3.05) is 0 Å². The van der Waals surface area contributed by atoms with Gasteiger partial charge < -0.3 is 5.73 Å². The lowest BCUT2D eigenvalue weighted by Crippen LogP contribution is -2.31. The Morgan fingerprint density at radius 1 is 1.38 bits per heavy atom. The monoisotopic (exact) mass is 179 g/mol. The molecular weight excluding hydrogens is 162 g/mol. The van der Waals surface area contributed by atoms with E-state index in [1.165, 1.54) is 0 Å². The van der Waals surface area contributed by atoms with Gasteiger partial charge in [0.15, 0.2) is 0 Å². The maximum Gasteiger partial charge on any atom is 0.147 e. The molecule has 3 heteroatoms. The largest absolute Gasteiger partial charge is 0.319 e. The maximum atomic E-state index is 5.90. The molecule has 0 saturated heterocycles. The summed E-state index contributed by atoms with van der Waals surface area (Å²) in [5.74, 6) is 1.13. The van der Waals surface area contributed by atoms with Crippen molar-refractivity contribution in [1.29, 1.82) is 0 Å². The molecule has 0 spiro atoms. The summed E-state index contributed by atoms with van der Waals surface area (Å²) in [5.41, 5.74) is 6.49. The maximum absolute atomic E-state index is 5.90. The molecule has 3 nitrogen and oxygen atoms in total. The summed E-state index contributed by atoms with van der Waals surface area (Å²) < 4.78 is 0. The molecule has 2 N–H and O–H groups in total. The minimum Gasteiger partial charge on any atom is -0.319 e. The van der Waals surface area contributed by atoms with Crippen LogP contribution in [0.5, 0.6) is 0 Å². The molecule has 0 bridgehead atoms. The summed E-state index contributed by atoms with van der Waals surface area (Å²) in [5, 5.41) is 0. The minimum absolute atomic E-state index is 0.420. The Hall–Kier alpha value is -0.960. The third kappa shape index (κ3) is 2.49. The zero-order valence-corrected chi connectivity index (χ0v) is 8.70. The van der Waals surface area contributed by atoms with E-state index in [9.17, 15) is 0 Å². The minimum atomic E-state index is -0.453. The van der Waals surface area contributed by atoms with Crippen LogP contribution in [0.25, 0.3) is 0 Å².